The molecule has 3 rings (SSSR count). The van der Waals surface area contributed by atoms with Gasteiger partial charge in [0.2, 0.25) is 0 Å². The van der Waals surface area contributed by atoms with Crippen molar-refractivity contribution in [2.45, 2.75) is 25.9 Å². The quantitative estimate of drug-likeness (QED) is 0.926. The molecule has 0 unspecified atom stereocenters. The average Bonchev–Trinajstić information content (AvgIpc) is 3.02. The van der Waals surface area contributed by atoms with Crippen LogP contribution in [0.4, 0.5) is 0 Å². The van der Waals surface area contributed by atoms with E-state index in [2.05, 4.69) is 17.2 Å². The molecule has 2 aromatic rings. The van der Waals surface area contributed by atoms with Crippen molar-refractivity contribution in [3.05, 3.63) is 46.8 Å². The van der Waals surface area contributed by atoms with Crippen molar-refractivity contribution in [3.8, 4) is 5.75 Å². The highest BCUT2D eigenvalue weighted by molar-refractivity contribution is 5.88. The van der Waals surface area contributed by atoms with Gasteiger partial charge in [-0.25, -0.2) is 4.79 Å². The summed E-state index contributed by atoms with van der Waals surface area (Å²) in [5.41, 5.74) is 3.49. The Morgan fingerprint density at radius 1 is 1.40 bits per heavy atom. The van der Waals surface area contributed by atoms with E-state index in [-0.39, 0.29) is 12.2 Å². The monoisotopic (exact) mass is 272 g/mol. The van der Waals surface area contributed by atoms with Crippen LogP contribution in [0.25, 0.3) is 0 Å². The van der Waals surface area contributed by atoms with Gasteiger partial charge in [0.25, 0.3) is 0 Å². The normalized spacial score (nSPS) is 13.2. The molecular formula is C15H16N2O3. The standard InChI is InChI=1S/C15H16N2O3/c1-17-14(13(8-16-17)15(18)19)9-20-12-6-5-10-3-2-4-11(10)7-12/h5-8H,2-4,9H2,1H3,(H,18,19). The fourth-order valence-corrected chi connectivity index (χ4v) is 2.60. The molecule has 1 aromatic carbocycles. The summed E-state index contributed by atoms with van der Waals surface area (Å²) in [5.74, 6) is -0.200. The second kappa shape index (κ2) is 5.00. The zero-order chi connectivity index (χ0) is 14.1. The van der Waals surface area contributed by atoms with E-state index in [1.54, 1.807) is 7.05 Å². The van der Waals surface area contributed by atoms with E-state index in [4.69, 9.17) is 9.84 Å². The van der Waals surface area contributed by atoms with E-state index < -0.39 is 5.97 Å². The highest BCUT2D eigenvalue weighted by Crippen LogP contribution is 2.26. The van der Waals surface area contributed by atoms with Crippen LogP contribution in [0.5, 0.6) is 5.75 Å². The van der Waals surface area contributed by atoms with Crippen LogP contribution in [0.15, 0.2) is 24.4 Å². The lowest BCUT2D eigenvalue weighted by Crippen LogP contribution is -2.08. The Balaban J connectivity index is 1.77. The molecule has 0 amide bonds. The predicted molar refractivity (Wildman–Crippen MR) is 73.0 cm³/mol. The highest BCUT2D eigenvalue weighted by Gasteiger charge is 2.16. The Morgan fingerprint density at radius 3 is 3.00 bits per heavy atom. The van der Waals surface area contributed by atoms with Gasteiger partial charge in [0.1, 0.15) is 17.9 Å². The molecule has 0 spiro atoms. The van der Waals surface area contributed by atoms with Crippen LogP contribution in [0.1, 0.15) is 33.6 Å². The van der Waals surface area contributed by atoms with Crippen LogP contribution < -0.4 is 4.74 Å². The third kappa shape index (κ3) is 2.27. The lowest BCUT2D eigenvalue weighted by Gasteiger charge is -2.09. The predicted octanol–water partition coefficient (Wildman–Crippen LogP) is 2.19. The van der Waals surface area contributed by atoms with Gasteiger partial charge in [0.05, 0.1) is 11.9 Å². The number of carboxylic acid groups (broad SMARTS) is 1. The molecule has 104 valence electrons. The van der Waals surface area contributed by atoms with Crippen LogP contribution in [0.3, 0.4) is 0 Å². The largest absolute Gasteiger partial charge is 0.487 e. The first-order valence-electron chi connectivity index (χ1n) is 6.64. The zero-order valence-corrected chi connectivity index (χ0v) is 11.3. The molecular weight excluding hydrogens is 256 g/mol. The van der Waals surface area contributed by atoms with E-state index in [0.717, 1.165) is 18.6 Å². The van der Waals surface area contributed by atoms with Crippen LogP contribution in [0, 0.1) is 0 Å². The molecule has 1 aromatic heterocycles. The Kier molecular flexibility index (Phi) is 3.18. The first kappa shape index (κ1) is 12.7. The minimum Gasteiger partial charge on any atom is -0.487 e. The number of fused-ring (bicyclic) bond motifs is 1. The summed E-state index contributed by atoms with van der Waals surface area (Å²) in [7, 11) is 1.72. The van der Waals surface area contributed by atoms with E-state index in [1.807, 2.05) is 6.07 Å². The minimum atomic E-state index is -0.981. The van der Waals surface area contributed by atoms with Crippen molar-refractivity contribution in [2.24, 2.45) is 7.05 Å². The van der Waals surface area contributed by atoms with Crippen molar-refractivity contribution in [1.29, 1.82) is 0 Å². The van der Waals surface area contributed by atoms with Crippen LogP contribution in [-0.4, -0.2) is 20.9 Å². The van der Waals surface area contributed by atoms with Gasteiger partial charge in [0, 0.05) is 7.05 Å². The maximum Gasteiger partial charge on any atom is 0.339 e. The Labute approximate surface area is 116 Å². The second-order valence-corrected chi connectivity index (χ2v) is 5.01. The lowest BCUT2D eigenvalue weighted by atomic mass is 10.1. The zero-order valence-electron chi connectivity index (χ0n) is 11.3. The van der Waals surface area contributed by atoms with Gasteiger partial charge >= 0.3 is 5.97 Å². The molecule has 0 saturated carbocycles. The van der Waals surface area contributed by atoms with Gasteiger partial charge in [-0.15, -0.1) is 0 Å². The van der Waals surface area contributed by atoms with Gasteiger partial charge < -0.3 is 9.84 Å². The lowest BCUT2D eigenvalue weighted by molar-refractivity contribution is 0.0693. The number of carbonyl (C=O) groups is 1. The molecule has 0 aliphatic heterocycles. The number of aromatic nitrogens is 2. The number of hydrogen-bond donors (Lipinski definition) is 1. The summed E-state index contributed by atoms with van der Waals surface area (Å²) in [6.07, 6.45) is 4.78. The fourth-order valence-electron chi connectivity index (χ4n) is 2.60. The number of nitrogens with zero attached hydrogens (tertiary/aromatic N) is 2. The summed E-state index contributed by atoms with van der Waals surface area (Å²) in [4.78, 5) is 11.1. The Morgan fingerprint density at radius 2 is 2.20 bits per heavy atom. The van der Waals surface area contributed by atoms with Crippen molar-refractivity contribution < 1.29 is 14.6 Å². The van der Waals surface area contributed by atoms with Crippen molar-refractivity contribution >= 4 is 5.97 Å². The van der Waals surface area contributed by atoms with Crippen molar-refractivity contribution in [2.75, 3.05) is 0 Å². The van der Waals surface area contributed by atoms with Gasteiger partial charge in [-0.2, -0.15) is 5.10 Å². The first-order valence-corrected chi connectivity index (χ1v) is 6.64. The molecule has 0 radical (unpaired) electrons. The SMILES string of the molecule is Cn1ncc(C(=O)O)c1COc1ccc2c(c1)CCC2. The molecule has 1 N–H and O–H groups in total. The van der Waals surface area contributed by atoms with E-state index in [9.17, 15) is 4.79 Å². The molecule has 0 bridgehead atoms. The molecule has 0 fully saturated rings. The third-order valence-electron chi connectivity index (χ3n) is 3.74. The van der Waals surface area contributed by atoms with Crippen molar-refractivity contribution in [1.82, 2.24) is 9.78 Å². The molecule has 5 nitrogen and oxygen atoms in total. The summed E-state index contributed by atoms with van der Waals surface area (Å²) in [6, 6.07) is 6.10. The first-order chi connectivity index (χ1) is 9.65. The summed E-state index contributed by atoms with van der Waals surface area (Å²) >= 11 is 0. The van der Waals surface area contributed by atoms with Crippen molar-refractivity contribution in [3.63, 3.8) is 0 Å². The van der Waals surface area contributed by atoms with Crippen LogP contribution >= 0.6 is 0 Å². The average molecular weight is 272 g/mol. The Bertz CT molecular complexity index is 661. The van der Waals surface area contributed by atoms with Crippen LogP contribution in [0.2, 0.25) is 0 Å². The molecule has 5 heteroatoms. The molecule has 0 saturated heterocycles. The van der Waals surface area contributed by atoms with Gasteiger partial charge in [-0.3, -0.25) is 4.68 Å². The molecule has 20 heavy (non-hydrogen) atoms. The topological polar surface area (TPSA) is 64.4 Å². The molecule has 0 atom stereocenters. The van der Waals surface area contributed by atoms with E-state index >= 15 is 0 Å². The number of hydrogen-bond acceptors (Lipinski definition) is 3. The van der Waals surface area contributed by atoms with E-state index in [1.165, 1.54) is 28.4 Å². The maximum absolute atomic E-state index is 11.1. The number of carboxylic acids is 1. The minimum absolute atomic E-state index is 0.189. The molecule has 1 aliphatic carbocycles. The summed E-state index contributed by atoms with van der Waals surface area (Å²) in [5, 5.41) is 13.1. The number of aryl methyl sites for hydroxylation is 3. The second-order valence-electron chi connectivity index (χ2n) is 5.01. The number of ether oxygens (including phenoxy) is 1. The van der Waals surface area contributed by atoms with Gasteiger partial charge in [-0.1, -0.05) is 6.07 Å². The third-order valence-corrected chi connectivity index (χ3v) is 3.74. The Hall–Kier alpha value is -2.30. The number of rotatable bonds is 4. The summed E-state index contributed by atoms with van der Waals surface area (Å²) in [6.45, 7) is 0.205. The van der Waals surface area contributed by atoms with E-state index in [0.29, 0.717) is 5.69 Å². The number of benzene rings is 1. The highest BCUT2D eigenvalue weighted by atomic mass is 16.5. The fraction of sp³-hybridized carbons (Fsp3) is 0.333. The molecule has 1 heterocycles. The molecule has 1 aliphatic rings. The number of aromatic carboxylic acids is 1. The smallest absolute Gasteiger partial charge is 0.339 e. The summed E-state index contributed by atoms with van der Waals surface area (Å²) < 4.78 is 7.26. The van der Waals surface area contributed by atoms with Gasteiger partial charge in [0.15, 0.2) is 0 Å². The maximum atomic E-state index is 11.1. The van der Waals surface area contributed by atoms with Crippen LogP contribution in [-0.2, 0) is 26.5 Å². The van der Waals surface area contributed by atoms with Gasteiger partial charge in [-0.05, 0) is 42.5 Å².